The number of halogens is 2. The molecule has 0 spiro atoms. The Morgan fingerprint density at radius 3 is 2.73 bits per heavy atom. The van der Waals surface area contributed by atoms with Crippen molar-refractivity contribution < 1.29 is 18.3 Å². The second kappa shape index (κ2) is 8.73. The van der Waals surface area contributed by atoms with Gasteiger partial charge in [0.2, 0.25) is 5.88 Å². The highest BCUT2D eigenvalue weighted by molar-refractivity contribution is 5.93. The first kappa shape index (κ1) is 21.2. The largest absolute Gasteiger partial charge is 0.474 e. The van der Waals surface area contributed by atoms with E-state index in [-0.39, 0.29) is 23.5 Å². The third-order valence-corrected chi connectivity index (χ3v) is 5.93. The molecule has 33 heavy (non-hydrogen) atoms. The van der Waals surface area contributed by atoms with Gasteiger partial charge in [-0.15, -0.1) is 0 Å². The zero-order valence-corrected chi connectivity index (χ0v) is 18.2. The van der Waals surface area contributed by atoms with Crippen molar-refractivity contribution >= 4 is 12.1 Å². The van der Waals surface area contributed by atoms with E-state index in [0.717, 1.165) is 29.5 Å². The van der Waals surface area contributed by atoms with Crippen LogP contribution in [0.2, 0.25) is 0 Å². The highest BCUT2D eigenvalue weighted by atomic mass is 19.1. The molecule has 0 unspecified atom stereocenters. The van der Waals surface area contributed by atoms with Crippen LogP contribution in [0.4, 0.5) is 8.78 Å². The molecule has 1 aliphatic carbocycles. The van der Waals surface area contributed by atoms with Crippen LogP contribution < -0.4 is 4.74 Å². The summed E-state index contributed by atoms with van der Waals surface area (Å²) >= 11 is 0. The van der Waals surface area contributed by atoms with Crippen LogP contribution in [0.15, 0.2) is 53.5 Å². The van der Waals surface area contributed by atoms with Crippen LogP contribution in [-0.2, 0) is 19.8 Å². The Bertz CT molecular complexity index is 1250. The summed E-state index contributed by atoms with van der Waals surface area (Å²) in [6.07, 6.45) is 3.64. The smallest absolute Gasteiger partial charge is 0.272 e. The van der Waals surface area contributed by atoms with Crippen molar-refractivity contribution in [2.45, 2.75) is 38.7 Å². The SMILES string of the molecule is CN(Cc1ccc(CF)c2c1CN=C2)C(=O)c1ccc(-c2cccc(F)c2)c(OC2CC2)n1. The number of aromatic nitrogens is 1. The van der Waals surface area contributed by atoms with Gasteiger partial charge in [0, 0.05) is 30.9 Å². The first-order valence-electron chi connectivity index (χ1n) is 10.9. The second-order valence-electron chi connectivity index (χ2n) is 8.42. The maximum atomic E-state index is 13.8. The summed E-state index contributed by atoms with van der Waals surface area (Å²) in [5, 5.41) is 0. The molecular weight excluding hydrogens is 424 g/mol. The van der Waals surface area contributed by atoms with Crippen LogP contribution in [-0.4, -0.2) is 35.2 Å². The first-order valence-corrected chi connectivity index (χ1v) is 10.9. The predicted octanol–water partition coefficient (Wildman–Crippen LogP) is 5.10. The molecule has 0 atom stereocenters. The van der Waals surface area contributed by atoms with Gasteiger partial charge in [-0.05, 0) is 59.4 Å². The van der Waals surface area contributed by atoms with Gasteiger partial charge in [-0.25, -0.2) is 13.8 Å². The summed E-state index contributed by atoms with van der Waals surface area (Å²) in [5.74, 6) is -0.271. The van der Waals surface area contributed by atoms with E-state index < -0.39 is 6.67 Å². The topological polar surface area (TPSA) is 54.8 Å². The van der Waals surface area contributed by atoms with E-state index >= 15 is 0 Å². The highest BCUT2D eigenvalue weighted by Gasteiger charge is 2.27. The van der Waals surface area contributed by atoms with Gasteiger partial charge >= 0.3 is 0 Å². The maximum absolute atomic E-state index is 13.8. The molecular formula is C26H23F2N3O2. The second-order valence-corrected chi connectivity index (χ2v) is 8.42. The Hall–Kier alpha value is -3.61. The number of carbonyl (C=O) groups is 1. The minimum atomic E-state index is -0.547. The lowest BCUT2D eigenvalue weighted by Gasteiger charge is -2.20. The summed E-state index contributed by atoms with van der Waals surface area (Å²) in [4.78, 5) is 23.5. The van der Waals surface area contributed by atoms with Crippen LogP contribution in [0.25, 0.3) is 11.1 Å². The third kappa shape index (κ3) is 4.35. The van der Waals surface area contributed by atoms with E-state index in [1.165, 1.54) is 12.1 Å². The molecule has 5 rings (SSSR count). The summed E-state index contributed by atoms with van der Waals surface area (Å²) in [5.41, 5.74) is 4.86. The number of alkyl halides is 1. The van der Waals surface area contributed by atoms with Crippen LogP contribution in [0.5, 0.6) is 5.88 Å². The Kier molecular flexibility index (Phi) is 5.62. The molecule has 1 aliphatic heterocycles. The van der Waals surface area contributed by atoms with E-state index in [1.54, 1.807) is 48.5 Å². The molecule has 0 saturated heterocycles. The highest BCUT2D eigenvalue weighted by Crippen LogP contribution is 2.34. The fraction of sp³-hybridized carbons (Fsp3) is 0.269. The summed E-state index contributed by atoms with van der Waals surface area (Å²) in [7, 11) is 1.71. The van der Waals surface area contributed by atoms with Gasteiger partial charge in [-0.1, -0.05) is 24.3 Å². The molecule has 7 heteroatoms. The predicted molar refractivity (Wildman–Crippen MR) is 122 cm³/mol. The fourth-order valence-corrected chi connectivity index (χ4v) is 3.99. The molecule has 2 aliphatic rings. The number of carbonyl (C=O) groups excluding carboxylic acids is 1. The van der Waals surface area contributed by atoms with Crippen LogP contribution in [0.1, 0.15) is 45.6 Å². The van der Waals surface area contributed by atoms with Crippen LogP contribution in [0.3, 0.4) is 0 Å². The number of ether oxygens (including phenoxy) is 1. The Morgan fingerprint density at radius 2 is 1.97 bits per heavy atom. The number of pyridine rings is 1. The van der Waals surface area contributed by atoms with Gasteiger partial charge in [0.05, 0.1) is 6.54 Å². The molecule has 3 aromatic rings. The number of aliphatic imine (C=N–C) groups is 1. The van der Waals surface area contributed by atoms with E-state index in [2.05, 4.69) is 9.98 Å². The monoisotopic (exact) mass is 447 g/mol. The molecule has 1 amide bonds. The van der Waals surface area contributed by atoms with Crippen molar-refractivity contribution in [3.63, 3.8) is 0 Å². The van der Waals surface area contributed by atoms with Crippen molar-refractivity contribution in [3.05, 3.63) is 82.3 Å². The van der Waals surface area contributed by atoms with Gasteiger partial charge in [0.1, 0.15) is 24.3 Å². The number of fused-ring (bicyclic) bond motifs is 1. The van der Waals surface area contributed by atoms with Gasteiger partial charge in [0.15, 0.2) is 0 Å². The Balaban J connectivity index is 1.41. The zero-order chi connectivity index (χ0) is 22.9. The molecule has 2 aromatic carbocycles. The average Bonchev–Trinajstić information content (AvgIpc) is 3.49. The van der Waals surface area contributed by atoms with E-state index in [9.17, 15) is 13.6 Å². The lowest BCUT2D eigenvalue weighted by atomic mass is 9.98. The van der Waals surface area contributed by atoms with E-state index in [0.29, 0.717) is 35.7 Å². The summed E-state index contributed by atoms with van der Waals surface area (Å²) in [6, 6.07) is 13.2. The average molecular weight is 447 g/mol. The Morgan fingerprint density at radius 1 is 1.15 bits per heavy atom. The normalized spacial score (nSPS) is 14.3. The molecule has 0 N–H and O–H groups in total. The molecule has 0 bridgehead atoms. The first-order chi connectivity index (χ1) is 16.0. The quantitative estimate of drug-likeness (QED) is 0.506. The number of benzene rings is 2. The molecule has 1 fully saturated rings. The zero-order valence-electron chi connectivity index (χ0n) is 18.2. The maximum Gasteiger partial charge on any atom is 0.272 e. The van der Waals surface area contributed by atoms with Crippen LogP contribution in [0, 0.1) is 5.82 Å². The van der Waals surface area contributed by atoms with Crippen molar-refractivity contribution in [3.8, 4) is 17.0 Å². The molecule has 5 nitrogen and oxygen atoms in total. The van der Waals surface area contributed by atoms with E-state index in [4.69, 9.17) is 4.74 Å². The molecule has 168 valence electrons. The van der Waals surface area contributed by atoms with Crippen molar-refractivity contribution in [1.82, 2.24) is 9.88 Å². The van der Waals surface area contributed by atoms with Gasteiger partial charge in [0.25, 0.3) is 5.91 Å². The van der Waals surface area contributed by atoms with Crippen LogP contribution >= 0.6 is 0 Å². The lowest BCUT2D eigenvalue weighted by Crippen LogP contribution is -2.27. The number of hydrogen-bond donors (Lipinski definition) is 0. The minimum absolute atomic E-state index is 0.0736. The van der Waals surface area contributed by atoms with E-state index in [1.807, 2.05) is 6.07 Å². The summed E-state index contributed by atoms with van der Waals surface area (Å²) in [6.45, 7) is 0.290. The standard InChI is InChI=1S/C26H23F2N3O2/c1-31(15-18-6-5-17(12-27)22-13-29-14-23(18)22)26(32)24-10-9-21(16-3-2-4-19(28)11-16)25(30-24)33-20-7-8-20/h2-6,9-11,13,20H,7-8,12,14-15H2,1H3. The minimum Gasteiger partial charge on any atom is -0.474 e. The van der Waals surface area contributed by atoms with Gasteiger partial charge in [-0.3, -0.25) is 9.79 Å². The van der Waals surface area contributed by atoms with Gasteiger partial charge in [-0.2, -0.15) is 0 Å². The molecule has 0 radical (unpaired) electrons. The third-order valence-electron chi connectivity index (χ3n) is 5.93. The van der Waals surface area contributed by atoms with Crippen molar-refractivity contribution in [2.24, 2.45) is 4.99 Å². The van der Waals surface area contributed by atoms with Crippen molar-refractivity contribution in [1.29, 1.82) is 0 Å². The lowest BCUT2D eigenvalue weighted by molar-refractivity contribution is 0.0777. The van der Waals surface area contributed by atoms with Crippen molar-refractivity contribution in [2.75, 3.05) is 7.05 Å². The fourth-order valence-electron chi connectivity index (χ4n) is 3.99. The number of amides is 1. The number of hydrogen-bond acceptors (Lipinski definition) is 4. The molecule has 1 saturated carbocycles. The number of nitrogens with zero attached hydrogens (tertiary/aromatic N) is 3. The Labute approximate surface area is 190 Å². The molecule has 1 aromatic heterocycles. The van der Waals surface area contributed by atoms with Gasteiger partial charge < -0.3 is 9.64 Å². The number of rotatable bonds is 7. The molecule has 2 heterocycles. The summed E-state index contributed by atoms with van der Waals surface area (Å²) < 4.78 is 33.0.